The Labute approximate surface area is 156 Å². The van der Waals surface area contributed by atoms with Gasteiger partial charge < -0.3 is 10.1 Å². The number of ether oxygens (including phenoxy) is 1. The van der Waals surface area contributed by atoms with E-state index >= 15 is 0 Å². The van der Waals surface area contributed by atoms with Crippen molar-refractivity contribution in [1.29, 1.82) is 5.26 Å². The van der Waals surface area contributed by atoms with Gasteiger partial charge in [-0.05, 0) is 25.0 Å². The topological polar surface area (TPSA) is 117 Å². The number of esters is 1. The zero-order valence-corrected chi connectivity index (χ0v) is 14.6. The lowest BCUT2D eigenvalue weighted by atomic mass is 9.81. The first-order chi connectivity index (χ1) is 13.0. The van der Waals surface area contributed by atoms with Crippen molar-refractivity contribution in [1.82, 2.24) is 4.90 Å². The van der Waals surface area contributed by atoms with E-state index in [1.165, 1.54) is 0 Å². The molecule has 1 aliphatic carbocycles. The van der Waals surface area contributed by atoms with Gasteiger partial charge in [0.2, 0.25) is 11.8 Å². The molecule has 0 unspecified atom stereocenters. The Morgan fingerprint density at radius 1 is 1.15 bits per heavy atom. The normalized spacial score (nSPS) is 21.4. The number of likely N-dealkylation sites (tertiary alicyclic amines) is 1. The van der Waals surface area contributed by atoms with Gasteiger partial charge in [0.15, 0.2) is 6.61 Å². The van der Waals surface area contributed by atoms with Gasteiger partial charge in [-0.15, -0.1) is 0 Å². The van der Waals surface area contributed by atoms with E-state index in [9.17, 15) is 19.2 Å². The van der Waals surface area contributed by atoms with Crippen molar-refractivity contribution in [3.63, 3.8) is 0 Å². The van der Waals surface area contributed by atoms with Gasteiger partial charge in [0.05, 0.1) is 23.1 Å². The molecule has 140 valence electrons. The number of carbonyl (C=O) groups excluding carboxylic acids is 4. The Balaban J connectivity index is 1.51. The van der Waals surface area contributed by atoms with Crippen molar-refractivity contribution in [2.75, 3.05) is 18.5 Å². The van der Waals surface area contributed by atoms with Crippen LogP contribution in [0.15, 0.2) is 24.3 Å². The smallest absolute Gasteiger partial charge is 0.326 e. The van der Waals surface area contributed by atoms with Crippen molar-refractivity contribution in [3.8, 4) is 6.07 Å². The summed E-state index contributed by atoms with van der Waals surface area (Å²) in [5, 5.41) is 11.5. The molecule has 1 aromatic carbocycles. The summed E-state index contributed by atoms with van der Waals surface area (Å²) in [5.74, 6) is -2.74. The summed E-state index contributed by atoms with van der Waals surface area (Å²) in [7, 11) is 0. The van der Waals surface area contributed by atoms with E-state index in [2.05, 4.69) is 5.32 Å². The van der Waals surface area contributed by atoms with Gasteiger partial charge in [-0.2, -0.15) is 5.26 Å². The third-order valence-corrected chi connectivity index (χ3v) is 4.91. The van der Waals surface area contributed by atoms with E-state index in [4.69, 9.17) is 10.00 Å². The highest BCUT2D eigenvalue weighted by atomic mass is 16.5. The maximum atomic E-state index is 12.3. The number of rotatable bonds is 5. The van der Waals surface area contributed by atoms with Gasteiger partial charge in [0.25, 0.3) is 5.91 Å². The lowest BCUT2D eigenvalue weighted by Crippen LogP contribution is -2.37. The van der Waals surface area contributed by atoms with Crippen LogP contribution >= 0.6 is 0 Å². The minimum Gasteiger partial charge on any atom is -0.454 e. The summed E-state index contributed by atoms with van der Waals surface area (Å²) in [6, 6.07) is 8.37. The summed E-state index contributed by atoms with van der Waals surface area (Å²) >= 11 is 0. The summed E-state index contributed by atoms with van der Waals surface area (Å²) in [6.07, 6.45) is 3.15. The van der Waals surface area contributed by atoms with Crippen molar-refractivity contribution < 1.29 is 23.9 Å². The zero-order valence-electron chi connectivity index (χ0n) is 14.6. The van der Waals surface area contributed by atoms with Crippen molar-refractivity contribution >= 4 is 29.4 Å². The molecule has 3 rings (SSSR count). The van der Waals surface area contributed by atoms with Gasteiger partial charge in [-0.1, -0.05) is 25.0 Å². The van der Waals surface area contributed by atoms with Crippen LogP contribution in [0.1, 0.15) is 31.2 Å². The van der Waals surface area contributed by atoms with Crippen molar-refractivity contribution in [2.24, 2.45) is 11.8 Å². The predicted molar refractivity (Wildman–Crippen MR) is 92.9 cm³/mol. The lowest BCUT2D eigenvalue weighted by molar-refractivity contribution is -0.154. The molecule has 27 heavy (non-hydrogen) atoms. The number of para-hydroxylation sites is 1. The first-order valence-corrected chi connectivity index (χ1v) is 8.81. The number of nitriles is 1. The molecule has 2 aliphatic rings. The molecule has 8 nitrogen and oxygen atoms in total. The van der Waals surface area contributed by atoms with Gasteiger partial charge in [0.1, 0.15) is 12.6 Å². The number of nitrogens with one attached hydrogen (secondary N) is 1. The number of anilines is 1. The van der Waals surface area contributed by atoms with E-state index in [1.54, 1.807) is 24.3 Å². The molecule has 0 aromatic heterocycles. The Morgan fingerprint density at radius 3 is 2.41 bits per heavy atom. The molecule has 0 radical (unpaired) electrons. The van der Waals surface area contributed by atoms with E-state index < -0.39 is 25.0 Å². The van der Waals surface area contributed by atoms with Crippen molar-refractivity contribution in [2.45, 2.75) is 25.7 Å². The molecule has 1 aromatic rings. The van der Waals surface area contributed by atoms with Crippen LogP contribution in [-0.4, -0.2) is 41.7 Å². The fourth-order valence-corrected chi connectivity index (χ4v) is 3.58. The largest absolute Gasteiger partial charge is 0.454 e. The second-order valence-electron chi connectivity index (χ2n) is 6.63. The number of benzene rings is 1. The quantitative estimate of drug-likeness (QED) is 0.616. The molecule has 2 atom stereocenters. The highest BCUT2D eigenvalue weighted by Gasteiger charge is 2.48. The van der Waals surface area contributed by atoms with Crippen LogP contribution in [0.2, 0.25) is 0 Å². The number of hydrogen-bond acceptors (Lipinski definition) is 6. The molecular formula is C19H19N3O5. The Morgan fingerprint density at radius 2 is 1.78 bits per heavy atom. The standard InChI is InChI=1S/C19H19N3O5/c20-9-12-5-1-4-8-15(12)21-16(23)11-27-17(24)10-22-18(25)13-6-2-3-7-14(13)19(22)26/h1,4-5,8,13-14H,2-3,6-7,10-11H2,(H,21,23)/t13-,14-/m0/s1. The molecule has 2 fully saturated rings. The monoisotopic (exact) mass is 369 g/mol. The fraction of sp³-hybridized carbons (Fsp3) is 0.421. The van der Waals surface area contributed by atoms with Crippen LogP contribution in [0.3, 0.4) is 0 Å². The number of fused-ring (bicyclic) bond motifs is 1. The van der Waals surface area contributed by atoms with E-state index in [-0.39, 0.29) is 29.2 Å². The molecule has 0 bridgehead atoms. The molecule has 1 heterocycles. The van der Waals surface area contributed by atoms with Gasteiger partial charge in [-0.3, -0.25) is 24.1 Å². The van der Waals surface area contributed by atoms with Gasteiger partial charge in [-0.25, -0.2) is 0 Å². The number of nitrogens with zero attached hydrogens (tertiary/aromatic N) is 2. The minimum atomic E-state index is -0.820. The Bertz CT molecular complexity index is 805. The predicted octanol–water partition coefficient (Wildman–Crippen LogP) is 1.22. The molecule has 1 aliphatic heterocycles. The second kappa shape index (κ2) is 7.99. The highest BCUT2D eigenvalue weighted by Crippen LogP contribution is 2.37. The molecule has 3 amide bonds. The maximum Gasteiger partial charge on any atom is 0.326 e. The van der Waals surface area contributed by atoms with Crippen LogP contribution in [0, 0.1) is 23.2 Å². The third-order valence-electron chi connectivity index (χ3n) is 4.91. The highest BCUT2D eigenvalue weighted by molar-refractivity contribution is 6.07. The first kappa shape index (κ1) is 18.6. The van der Waals surface area contributed by atoms with Crippen LogP contribution in [0.5, 0.6) is 0 Å². The van der Waals surface area contributed by atoms with Crippen LogP contribution < -0.4 is 5.32 Å². The summed E-state index contributed by atoms with van der Waals surface area (Å²) in [6.45, 7) is -1.05. The SMILES string of the molecule is N#Cc1ccccc1NC(=O)COC(=O)CN1C(=O)[C@H]2CCCC[C@@H]2C1=O. The molecule has 1 N–H and O–H groups in total. The fourth-order valence-electron chi connectivity index (χ4n) is 3.58. The zero-order chi connectivity index (χ0) is 19.4. The van der Waals surface area contributed by atoms with Crippen LogP contribution in [-0.2, 0) is 23.9 Å². The number of amides is 3. The molecule has 1 saturated heterocycles. The van der Waals surface area contributed by atoms with Gasteiger partial charge >= 0.3 is 5.97 Å². The number of hydrogen-bond donors (Lipinski definition) is 1. The summed E-state index contributed by atoms with van der Waals surface area (Å²) in [5.41, 5.74) is 0.600. The third kappa shape index (κ3) is 3.97. The van der Waals surface area contributed by atoms with Crippen molar-refractivity contribution in [3.05, 3.63) is 29.8 Å². The first-order valence-electron chi connectivity index (χ1n) is 8.81. The molecule has 8 heteroatoms. The van der Waals surface area contributed by atoms with E-state index in [0.717, 1.165) is 17.7 Å². The number of carbonyl (C=O) groups is 4. The van der Waals surface area contributed by atoms with E-state index in [0.29, 0.717) is 18.5 Å². The Kier molecular flexibility index (Phi) is 5.50. The maximum absolute atomic E-state index is 12.3. The average Bonchev–Trinajstić information content (AvgIpc) is 2.92. The summed E-state index contributed by atoms with van der Waals surface area (Å²) in [4.78, 5) is 49.5. The van der Waals surface area contributed by atoms with E-state index in [1.807, 2.05) is 6.07 Å². The Hall–Kier alpha value is -3.21. The number of imide groups is 1. The second-order valence-corrected chi connectivity index (χ2v) is 6.63. The van der Waals surface area contributed by atoms with Crippen LogP contribution in [0.25, 0.3) is 0 Å². The lowest BCUT2D eigenvalue weighted by Gasteiger charge is -2.19. The molecule has 0 spiro atoms. The average molecular weight is 369 g/mol. The summed E-state index contributed by atoms with van der Waals surface area (Å²) < 4.78 is 4.88. The van der Waals surface area contributed by atoms with Crippen LogP contribution in [0.4, 0.5) is 5.69 Å². The minimum absolute atomic E-state index is 0.285. The molecular weight excluding hydrogens is 350 g/mol. The van der Waals surface area contributed by atoms with Gasteiger partial charge in [0, 0.05) is 0 Å². The molecule has 1 saturated carbocycles.